The number of nitrogens with one attached hydrogen (secondary N) is 1. The Labute approximate surface area is 112 Å². The van der Waals surface area contributed by atoms with E-state index in [1.54, 1.807) is 6.08 Å². The lowest BCUT2D eigenvalue weighted by atomic mass is 10.2. The first-order valence-corrected chi connectivity index (χ1v) is 6.04. The molecule has 1 aromatic carbocycles. The van der Waals surface area contributed by atoms with Crippen LogP contribution >= 0.6 is 0 Å². The van der Waals surface area contributed by atoms with E-state index in [0.717, 1.165) is 5.56 Å². The molecule has 3 N–H and O–H groups in total. The fraction of sp³-hybridized carbons (Fsp3) is 0.286. The average Bonchev–Trinajstić information content (AvgIpc) is 2.38. The molecule has 19 heavy (non-hydrogen) atoms. The molecule has 0 aliphatic carbocycles. The number of benzene rings is 1. The lowest BCUT2D eigenvalue weighted by molar-refractivity contribution is -0.124. The van der Waals surface area contributed by atoms with Crippen molar-refractivity contribution in [3.05, 3.63) is 35.9 Å². The highest BCUT2D eigenvalue weighted by atomic mass is 16.5. The number of ether oxygens (including phenoxy) is 1. The zero-order chi connectivity index (χ0) is 14.3. The molecule has 0 saturated carbocycles. The molecular weight excluding hydrogens is 244 g/mol. The van der Waals surface area contributed by atoms with E-state index < -0.39 is 11.9 Å². The van der Waals surface area contributed by atoms with Crippen molar-refractivity contribution < 1.29 is 14.3 Å². The number of nitrogens with two attached hydrogens (primary N) is 1. The van der Waals surface area contributed by atoms with E-state index in [4.69, 9.17) is 10.5 Å². The largest absolute Gasteiger partial charge is 0.493 e. The minimum absolute atomic E-state index is 0.377. The van der Waals surface area contributed by atoms with Gasteiger partial charge in [0.05, 0.1) is 6.61 Å². The van der Waals surface area contributed by atoms with Crippen LogP contribution in [0.2, 0.25) is 0 Å². The third-order valence-electron chi connectivity index (χ3n) is 2.42. The van der Waals surface area contributed by atoms with Crippen LogP contribution in [0.1, 0.15) is 19.4 Å². The van der Waals surface area contributed by atoms with Crippen molar-refractivity contribution in [1.82, 2.24) is 5.32 Å². The summed E-state index contributed by atoms with van der Waals surface area (Å²) < 4.78 is 5.43. The summed E-state index contributed by atoms with van der Waals surface area (Å²) in [6, 6.07) is 6.68. The van der Waals surface area contributed by atoms with E-state index in [1.807, 2.05) is 31.2 Å². The van der Waals surface area contributed by atoms with Crippen LogP contribution in [-0.4, -0.2) is 24.5 Å². The van der Waals surface area contributed by atoms with Gasteiger partial charge in [-0.3, -0.25) is 9.59 Å². The van der Waals surface area contributed by atoms with Gasteiger partial charge in [0, 0.05) is 11.6 Å². The number of carbonyl (C=O) groups excluding carboxylic acids is 2. The molecule has 0 fully saturated rings. The van der Waals surface area contributed by atoms with E-state index in [-0.39, 0.29) is 5.91 Å². The summed E-state index contributed by atoms with van der Waals surface area (Å²) in [4.78, 5) is 22.4. The van der Waals surface area contributed by atoms with Gasteiger partial charge in [-0.05, 0) is 26.0 Å². The second-order valence-corrected chi connectivity index (χ2v) is 3.94. The molecule has 102 valence electrons. The van der Waals surface area contributed by atoms with Crippen molar-refractivity contribution in [2.75, 3.05) is 6.61 Å². The molecule has 0 aromatic heterocycles. The quantitative estimate of drug-likeness (QED) is 0.753. The fourth-order valence-electron chi connectivity index (χ4n) is 1.40. The molecule has 5 nitrogen and oxygen atoms in total. The van der Waals surface area contributed by atoms with Gasteiger partial charge in [0.1, 0.15) is 11.8 Å². The molecule has 0 heterocycles. The van der Waals surface area contributed by atoms with E-state index in [1.165, 1.54) is 13.0 Å². The van der Waals surface area contributed by atoms with E-state index in [2.05, 4.69) is 5.32 Å². The highest BCUT2D eigenvalue weighted by molar-refractivity contribution is 5.95. The maximum Gasteiger partial charge on any atom is 0.244 e. The first-order valence-electron chi connectivity index (χ1n) is 6.04. The van der Waals surface area contributed by atoms with Crippen molar-refractivity contribution in [1.29, 1.82) is 0 Å². The second kappa shape index (κ2) is 7.20. The van der Waals surface area contributed by atoms with Gasteiger partial charge in [0.2, 0.25) is 11.8 Å². The molecule has 0 radical (unpaired) electrons. The lowest BCUT2D eigenvalue weighted by Crippen LogP contribution is -2.41. The van der Waals surface area contributed by atoms with Crippen molar-refractivity contribution in [2.24, 2.45) is 5.73 Å². The minimum atomic E-state index is -0.695. The highest BCUT2D eigenvalue weighted by Gasteiger charge is 2.09. The van der Waals surface area contributed by atoms with Crippen LogP contribution < -0.4 is 15.8 Å². The summed E-state index contributed by atoms with van der Waals surface area (Å²) in [5.41, 5.74) is 5.85. The normalized spacial score (nSPS) is 12.1. The fourth-order valence-corrected chi connectivity index (χ4v) is 1.40. The highest BCUT2D eigenvalue weighted by Crippen LogP contribution is 2.19. The first kappa shape index (κ1) is 14.8. The predicted octanol–water partition coefficient (Wildman–Crippen LogP) is 1.09. The van der Waals surface area contributed by atoms with Crippen molar-refractivity contribution >= 4 is 17.9 Å². The van der Waals surface area contributed by atoms with Crippen LogP contribution in [-0.2, 0) is 9.59 Å². The molecule has 0 bridgehead atoms. The third kappa shape index (κ3) is 4.83. The second-order valence-electron chi connectivity index (χ2n) is 3.94. The number of carbonyl (C=O) groups is 2. The number of amides is 2. The average molecular weight is 262 g/mol. The number of para-hydroxylation sites is 1. The molecule has 1 aromatic rings. The Morgan fingerprint density at radius 3 is 2.74 bits per heavy atom. The third-order valence-corrected chi connectivity index (χ3v) is 2.42. The Bertz CT molecular complexity index is 483. The summed E-state index contributed by atoms with van der Waals surface area (Å²) in [7, 11) is 0. The summed E-state index contributed by atoms with van der Waals surface area (Å²) >= 11 is 0. The van der Waals surface area contributed by atoms with E-state index >= 15 is 0 Å². The SMILES string of the molecule is CCOc1ccccc1/C=C/C(=O)NC(C)C(N)=O. The van der Waals surface area contributed by atoms with Crippen LogP contribution in [0.25, 0.3) is 6.08 Å². The molecule has 0 aliphatic heterocycles. The van der Waals surface area contributed by atoms with Crippen LogP contribution in [0, 0.1) is 0 Å². The molecule has 0 saturated heterocycles. The van der Waals surface area contributed by atoms with Gasteiger partial charge in [-0.25, -0.2) is 0 Å². The van der Waals surface area contributed by atoms with Gasteiger partial charge in [0.25, 0.3) is 0 Å². The standard InChI is InChI=1S/C14H18N2O3/c1-3-19-12-7-5-4-6-11(12)8-9-13(17)16-10(2)14(15)18/h4-10H,3H2,1-2H3,(H2,15,18)(H,16,17)/b9-8+. The Kier molecular flexibility index (Phi) is 5.60. The number of primary amides is 1. The lowest BCUT2D eigenvalue weighted by Gasteiger charge is -2.08. The zero-order valence-corrected chi connectivity index (χ0v) is 11.1. The zero-order valence-electron chi connectivity index (χ0n) is 11.1. The Balaban J connectivity index is 2.71. The topological polar surface area (TPSA) is 81.4 Å². The molecule has 0 spiro atoms. The molecule has 2 amide bonds. The van der Waals surface area contributed by atoms with Gasteiger partial charge < -0.3 is 15.8 Å². The summed E-state index contributed by atoms with van der Waals surface area (Å²) in [6.07, 6.45) is 2.98. The summed E-state index contributed by atoms with van der Waals surface area (Å²) in [6.45, 7) is 3.97. The van der Waals surface area contributed by atoms with Crippen molar-refractivity contribution in [2.45, 2.75) is 19.9 Å². The van der Waals surface area contributed by atoms with Gasteiger partial charge in [-0.1, -0.05) is 18.2 Å². The van der Waals surface area contributed by atoms with Crippen LogP contribution in [0.4, 0.5) is 0 Å². The monoisotopic (exact) mass is 262 g/mol. The van der Waals surface area contributed by atoms with Gasteiger partial charge >= 0.3 is 0 Å². The molecule has 1 rings (SSSR count). The Hall–Kier alpha value is -2.30. The molecule has 1 atom stereocenters. The van der Waals surface area contributed by atoms with Crippen molar-refractivity contribution in [3.63, 3.8) is 0 Å². The Morgan fingerprint density at radius 1 is 1.42 bits per heavy atom. The Morgan fingerprint density at radius 2 is 2.11 bits per heavy atom. The minimum Gasteiger partial charge on any atom is -0.493 e. The predicted molar refractivity (Wildman–Crippen MR) is 73.4 cm³/mol. The number of rotatable bonds is 6. The molecule has 1 unspecified atom stereocenters. The van der Waals surface area contributed by atoms with Gasteiger partial charge in [0.15, 0.2) is 0 Å². The van der Waals surface area contributed by atoms with Crippen LogP contribution in [0.15, 0.2) is 30.3 Å². The van der Waals surface area contributed by atoms with Gasteiger partial charge in [-0.15, -0.1) is 0 Å². The van der Waals surface area contributed by atoms with Crippen molar-refractivity contribution in [3.8, 4) is 5.75 Å². The van der Waals surface area contributed by atoms with E-state index in [0.29, 0.717) is 12.4 Å². The number of hydrogen-bond acceptors (Lipinski definition) is 3. The summed E-state index contributed by atoms with van der Waals surface area (Å²) in [5.74, 6) is -0.244. The maximum absolute atomic E-state index is 11.6. The molecule has 0 aliphatic rings. The summed E-state index contributed by atoms with van der Waals surface area (Å²) in [5, 5.41) is 2.46. The first-order chi connectivity index (χ1) is 9.04. The smallest absolute Gasteiger partial charge is 0.244 e. The molecular formula is C14H18N2O3. The molecule has 5 heteroatoms. The van der Waals surface area contributed by atoms with Crippen LogP contribution in [0.5, 0.6) is 5.75 Å². The number of hydrogen-bond donors (Lipinski definition) is 2. The van der Waals surface area contributed by atoms with E-state index in [9.17, 15) is 9.59 Å². The van der Waals surface area contributed by atoms with Crippen LogP contribution in [0.3, 0.4) is 0 Å². The maximum atomic E-state index is 11.6. The van der Waals surface area contributed by atoms with Gasteiger partial charge in [-0.2, -0.15) is 0 Å².